The van der Waals surface area contributed by atoms with Crippen LogP contribution in [0.5, 0.6) is 0 Å². The Balaban J connectivity index is 1.68. The number of rotatable bonds is 2. The molecule has 4 heterocycles. The fourth-order valence-corrected chi connectivity index (χ4v) is 4.92. The quantitative estimate of drug-likeness (QED) is 0.564. The second-order valence-corrected chi connectivity index (χ2v) is 6.99. The van der Waals surface area contributed by atoms with Crippen molar-refractivity contribution in [3.8, 4) is 0 Å². The van der Waals surface area contributed by atoms with Crippen LogP contribution in [0.15, 0.2) is 30.3 Å². The lowest BCUT2D eigenvalue weighted by Gasteiger charge is -2.49. The van der Waals surface area contributed by atoms with Crippen LogP contribution < -0.4 is 9.80 Å². The normalized spacial score (nSPS) is 44.3. The summed E-state index contributed by atoms with van der Waals surface area (Å²) in [6.45, 7) is 7.33. The van der Waals surface area contributed by atoms with E-state index in [0.29, 0.717) is 5.92 Å². The van der Waals surface area contributed by atoms with Gasteiger partial charge >= 0.3 is 0 Å². The van der Waals surface area contributed by atoms with E-state index in [1.54, 1.807) is 9.80 Å². The molecule has 0 spiro atoms. The highest BCUT2D eigenvalue weighted by molar-refractivity contribution is 5.18. The zero-order valence-corrected chi connectivity index (χ0v) is 11.4. The maximum atomic E-state index is 10.8. The zero-order valence-electron chi connectivity index (χ0n) is 11.4. The Morgan fingerprint density at radius 1 is 1.05 bits per heavy atom. The highest BCUT2D eigenvalue weighted by Gasteiger charge is 2.58. The minimum atomic E-state index is -0.0849. The van der Waals surface area contributed by atoms with Crippen LogP contribution in [0, 0.1) is 11.3 Å². The van der Waals surface area contributed by atoms with E-state index in [-0.39, 0.29) is 11.5 Å². The average molecular weight is 260 g/mol. The second kappa shape index (κ2) is 4.30. The SMILES string of the molecule is O[C@@H]1C2C[NH+]3CC[NH+](C2)CC1(Cc1ccccc1)C3. The van der Waals surface area contributed by atoms with Gasteiger partial charge in [0.1, 0.15) is 13.1 Å². The Hall–Kier alpha value is -0.900. The molecule has 19 heavy (non-hydrogen) atoms. The van der Waals surface area contributed by atoms with Crippen LogP contribution in [0.3, 0.4) is 0 Å². The van der Waals surface area contributed by atoms with Crippen molar-refractivity contribution in [1.82, 2.24) is 0 Å². The molecule has 3 heteroatoms. The van der Waals surface area contributed by atoms with Gasteiger partial charge in [-0.15, -0.1) is 0 Å². The maximum absolute atomic E-state index is 10.8. The molecule has 1 aromatic rings. The molecule has 2 unspecified atom stereocenters. The lowest BCUT2D eigenvalue weighted by atomic mass is 9.67. The fourth-order valence-electron chi connectivity index (χ4n) is 4.92. The average Bonchev–Trinajstić information content (AvgIpc) is 2.65. The van der Waals surface area contributed by atoms with Gasteiger partial charge in [-0.1, -0.05) is 30.3 Å². The van der Waals surface area contributed by atoms with Crippen molar-refractivity contribution >= 4 is 0 Å². The molecule has 3 atom stereocenters. The molecule has 0 aromatic heterocycles. The summed E-state index contributed by atoms with van der Waals surface area (Å²) >= 11 is 0. The number of aliphatic hydroxyl groups is 1. The van der Waals surface area contributed by atoms with E-state index in [0.717, 1.165) is 6.42 Å². The lowest BCUT2D eigenvalue weighted by molar-refractivity contribution is -0.918. The molecule has 1 aromatic carbocycles. The Kier molecular flexibility index (Phi) is 2.69. The summed E-state index contributed by atoms with van der Waals surface area (Å²) in [4.78, 5) is 3.47. The Labute approximate surface area is 114 Å². The van der Waals surface area contributed by atoms with Crippen LogP contribution >= 0.6 is 0 Å². The lowest BCUT2D eigenvalue weighted by Crippen LogP contribution is -3.17. The molecular weight excluding hydrogens is 236 g/mol. The molecule has 3 N–H and O–H groups in total. The summed E-state index contributed by atoms with van der Waals surface area (Å²) < 4.78 is 0. The van der Waals surface area contributed by atoms with Gasteiger partial charge in [0.2, 0.25) is 0 Å². The van der Waals surface area contributed by atoms with E-state index in [9.17, 15) is 5.11 Å². The number of aliphatic hydroxyl groups excluding tert-OH is 1. The number of benzene rings is 1. The smallest absolute Gasteiger partial charge is 0.127 e. The van der Waals surface area contributed by atoms with Crippen LogP contribution in [0.2, 0.25) is 0 Å². The van der Waals surface area contributed by atoms with Crippen molar-refractivity contribution in [2.75, 3.05) is 39.3 Å². The number of hydrogen-bond acceptors (Lipinski definition) is 1. The van der Waals surface area contributed by atoms with Crippen LogP contribution in [-0.4, -0.2) is 50.5 Å². The van der Waals surface area contributed by atoms with Crippen molar-refractivity contribution in [3.63, 3.8) is 0 Å². The highest BCUT2D eigenvalue weighted by atomic mass is 16.3. The first-order valence-electron chi connectivity index (χ1n) is 7.64. The molecule has 0 aliphatic carbocycles. The van der Waals surface area contributed by atoms with Gasteiger partial charge in [-0.3, -0.25) is 0 Å². The molecule has 4 aliphatic heterocycles. The maximum Gasteiger partial charge on any atom is 0.127 e. The number of nitrogens with one attached hydrogen (secondary N) is 2. The summed E-state index contributed by atoms with van der Waals surface area (Å²) in [5.41, 5.74) is 1.52. The number of hydrogen-bond donors (Lipinski definition) is 3. The van der Waals surface area contributed by atoms with Gasteiger partial charge in [0.15, 0.2) is 0 Å². The Bertz CT molecular complexity index is 445. The van der Waals surface area contributed by atoms with Gasteiger partial charge in [-0.05, 0) is 12.0 Å². The van der Waals surface area contributed by atoms with Gasteiger partial charge in [0, 0.05) is 0 Å². The number of piperidine rings is 2. The van der Waals surface area contributed by atoms with E-state index in [2.05, 4.69) is 30.3 Å². The predicted molar refractivity (Wildman–Crippen MR) is 73.2 cm³/mol. The van der Waals surface area contributed by atoms with E-state index >= 15 is 0 Å². The summed E-state index contributed by atoms with van der Waals surface area (Å²) in [6.07, 6.45) is 0.969. The standard InChI is InChI=1S/C16H22N2O/c19-15-14-9-17-6-7-18(10-14)12-16(15,11-17)8-13-4-2-1-3-5-13/h1-5,14-15,19H,6-12H2/p+2/t14?,15-,16?/m1/s1. The molecule has 102 valence electrons. The summed E-state index contributed by atoms with van der Waals surface area (Å²) in [5, 5.41) is 10.8. The zero-order chi connectivity index (χ0) is 12.9. The molecule has 0 radical (unpaired) electrons. The first-order valence-corrected chi connectivity index (χ1v) is 7.64. The van der Waals surface area contributed by atoms with Crippen LogP contribution in [0.1, 0.15) is 5.56 Å². The first kappa shape index (κ1) is 11.9. The summed E-state index contributed by atoms with van der Waals surface area (Å²) in [7, 11) is 0. The van der Waals surface area contributed by atoms with Crippen molar-refractivity contribution in [2.24, 2.45) is 11.3 Å². The summed E-state index contributed by atoms with van der Waals surface area (Å²) in [6, 6.07) is 10.8. The van der Waals surface area contributed by atoms with Crippen molar-refractivity contribution < 1.29 is 14.9 Å². The molecule has 0 saturated carbocycles. The minimum Gasteiger partial charge on any atom is -0.391 e. The fraction of sp³-hybridized carbons (Fsp3) is 0.625. The van der Waals surface area contributed by atoms with E-state index in [1.165, 1.54) is 44.8 Å². The molecule has 4 bridgehead atoms. The number of fused-ring (bicyclic) bond motifs is 1. The van der Waals surface area contributed by atoms with E-state index in [4.69, 9.17) is 0 Å². The Morgan fingerprint density at radius 3 is 2.32 bits per heavy atom. The first-order chi connectivity index (χ1) is 9.25. The van der Waals surface area contributed by atoms with Crippen molar-refractivity contribution in [1.29, 1.82) is 0 Å². The van der Waals surface area contributed by atoms with Gasteiger partial charge < -0.3 is 14.9 Å². The molecule has 0 amide bonds. The third-order valence-corrected chi connectivity index (χ3v) is 5.61. The topological polar surface area (TPSA) is 29.1 Å². The molecule has 4 saturated heterocycles. The van der Waals surface area contributed by atoms with E-state index < -0.39 is 0 Å². The van der Waals surface area contributed by atoms with Crippen molar-refractivity contribution in [3.05, 3.63) is 35.9 Å². The van der Waals surface area contributed by atoms with Crippen LogP contribution in [-0.2, 0) is 6.42 Å². The van der Waals surface area contributed by atoms with Gasteiger partial charge in [0.05, 0.1) is 43.6 Å². The molecule has 3 nitrogen and oxygen atoms in total. The van der Waals surface area contributed by atoms with Gasteiger partial charge in [-0.2, -0.15) is 0 Å². The van der Waals surface area contributed by atoms with E-state index in [1.807, 2.05) is 0 Å². The molecule has 4 fully saturated rings. The number of quaternary nitrogens is 2. The molecule has 4 aliphatic rings. The highest BCUT2D eigenvalue weighted by Crippen LogP contribution is 2.33. The summed E-state index contributed by atoms with van der Waals surface area (Å²) in [5.74, 6) is 0.527. The van der Waals surface area contributed by atoms with Gasteiger partial charge in [-0.25, -0.2) is 0 Å². The Morgan fingerprint density at radius 2 is 1.68 bits per heavy atom. The third-order valence-electron chi connectivity index (χ3n) is 5.61. The third kappa shape index (κ3) is 1.92. The monoisotopic (exact) mass is 260 g/mol. The second-order valence-electron chi connectivity index (χ2n) is 6.99. The predicted octanol–water partition coefficient (Wildman–Crippen LogP) is -2.00. The minimum absolute atomic E-state index is 0.0849. The van der Waals surface area contributed by atoms with Crippen LogP contribution in [0.25, 0.3) is 0 Å². The van der Waals surface area contributed by atoms with Crippen molar-refractivity contribution in [2.45, 2.75) is 12.5 Å². The van der Waals surface area contributed by atoms with Crippen LogP contribution in [0.4, 0.5) is 0 Å². The van der Waals surface area contributed by atoms with Gasteiger partial charge in [0.25, 0.3) is 0 Å². The molecule has 5 rings (SSSR count). The molecular formula is C16H24N2O+2. The largest absolute Gasteiger partial charge is 0.391 e.